The first-order chi connectivity index (χ1) is 12.9. The molecule has 1 saturated heterocycles. The van der Waals surface area contributed by atoms with Crippen LogP contribution in [0.15, 0.2) is 47.4 Å². The molecule has 1 amide bonds. The van der Waals surface area contributed by atoms with Crippen LogP contribution in [-0.2, 0) is 26.0 Å². The molecule has 1 fully saturated rings. The second-order valence-corrected chi connectivity index (χ2v) is 8.94. The molecule has 6 nitrogen and oxygen atoms in total. The fraction of sp³-hybridized carbons (Fsp3) is 0.350. The van der Waals surface area contributed by atoms with Gasteiger partial charge in [-0.2, -0.15) is 4.31 Å². The SMILES string of the molecule is Cc1ccccc1C1CN(S(=O)(=O)c2ccc3c(c2)CC(=O)N3C)CCO1. The molecule has 0 aromatic heterocycles. The van der Waals surface area contributed by atoms with E-state index in [0.717, 1.165) is 22.4 Å². The summed E-state index contributed by atoms with van der Waals surface area (Å²) < 4.78 is 33.7. The van der Waals surface area contributed by atoms with E-state index in [9.17, 15) is 13.2 Å². The van der Waals surface area contributed by atoms with Crippen LogP contribution in [0.1, 0.15) is 22.8 Å². The second kappa shape index (κ2) is 6.74. The number of carbonyl (C=O) groups excluding carboxylic acids is 1. The highest BCUT2D eigenvalue weighted by molar-refractivity contribution is 7.89. The number of benzene rings is 2. The summed E-state index contributed by atoms with van der Waals surface area (Å²) in [5.74, 6) is -0.0227. The molecule has 2 aromatic rings. The van der Waals surface area contributed by atoms with Gasteiger partial charge in [-0.15, -0.1) is 0 Å². The standard InChI is InChI=1S/C20H22N2O4S/c1-14-5-3-4-6-17(14)19-13-22(9-10-26-19)27(24,25)16-7-8-18-15(11-16)12-20(23)21(18)2/h3-8,11,19H,9-10,12-13H2,1-2H3. The van der Waals surface area contributed by atoms with Crippen molar-refractivity contribution in [1.29, 1.82) is 0 Å². The van der Waals surface area contributed by atoms with Crippen LogP contribution < -0.4 is 4.90 Å². The Balaban J connectivity index is 1.62. The van der Waals surface area contributed by atoms with Crippen LogP contribution in [0.25, 0.3) is 0 Å². The second-order valence-electron chi connectivity index (χ2n) is 7.00. The average molecular weight is 386 g/mol. The molecular weight excluding hydrogens is 364 g/mol. The number of sulfonamides is 1. The fourth-order valence-corrected chi connectivity index (χ4v) is 5.21. The Hall–Kier alpha value is -2.22. The van der Waals surface area contributed by atoms with E-state index in [2.05, 4.69) is 0 Å². The summed E-state index contributed by atoms with van der Waals surface area (Å²) in [6.07, 6.45) is -0.0405. The van der Waals surface area contributed by atoms with Crippen molar-refractivity contribution < 1.29 is 17.9 Å². The van der Waals surface area contributed by atoms with Gasteiger partial charge in [0.25, 0.3) is 0 Å². The molecule has 0 bridgehead atoms. The van der Waals surface area contributed by atoms with Crippen molar-refractivity contribution in [3.05, 3.63) is 59.2 Å². The topological polar surface area (TPSA) is 66.9 Å². The van der Waals surface area contributed by atoms with Gasteiger partial charge in [-0.3, -0.25) is 4.79 Å². The minimum atomic E-state index is -3.65. The molecule has 0 radical (unpaired) electrons. The minimum absolute atomic E-state index is 0.0227. The van der Waals surface area contributed by atoms with E-state index >= 15 is 0 Å². The largest absolute Gasteiger partial charge is 0.371 e. The molecule has 0 spiro atoms. The number of carbonyl (C=O) groups is 1. The van der Waals surface area contributed by atoms with Gasteiger partial charge >= 0.3 is 0 Å². The van der Waals surface area contributed by atoms with Crippen LogP contribution in [0.4, 0.5) is 5.69 Å². The highest BCUT2D eigenvalue weighted by atomic mass is 32.2. The first-order valence-corrected chi connectivity index (χ1v) is 10.4. The van der Waals surface area contributed by atoms with Crippen molar-refractivity contribution in [2.75, 3.05) is 31.6 Å². The molecule has 0 N–H and O–H groups in total. The molecule has 2 aromatic carbocycles. The Bertz CT molecular complexity index is 1000. The Labute approximate surface area is 159 Å². The van der Waals surface area contributed by atoms with Crippen molar-refractivity contribution in [2.24, 2.45) is 0 Å². The van der Waals surface area contributed by atoms with Gasteiger partial charge in [0.15, 0.2) is 0 Å². The number of aryl methyl sites for hydroxylation is 1. The minimum Gasteiger partial charge on any atom is -0.371 e. The Morgan fingerprint density at radius 2 is 1.93 bits per heavy atom. The van der Waals surface area contributed by atoms with Crippen molar-refractivity contribution in [3.63, 3.8) is 0 Å². The summed E-state index contributed by atoms with van der Waals surface area (Å²) >= 11 is 0. The third-order valence-electron chi connectivity index (χ3n) is 5.33. The van der Waals surface area contributed by atoms with Gasteiger partial charge in [-0.25, -0.2) is 8.42 Å². The highest BCUT2D eigenvalue weighted by Crippen LogP contribution is 2.32. The third-order valence-corrected chi connectivity index (χ3v) is 7.19. The van der Waals surface area contributed by atoms with Gasteiger partial charge in [0.1, 0.15) is 0 Å². The van der Waals surface area contributed by atoms with Crippen LogP contribution in [0.5, 0.6) is 0 Å². The molecular formula is C20H22N2O4S. The zero-order valence-electron chi connectivity index (χ0n) is 15.4. The number of fused-ring (bicyclic) bond motifs is 1. The van der Waals surface area contributed by atoms with Gasteiger partial charge in [-0.05, 0) is 41.8 Å². The Morgan fingerprint density at radius 3 is 2.70 bits per heavy atom. The lowest BCUT2D eigenvalue weighted by Crippen LogP contribution is -2.42. The quantitative estimate of drug-likeness (QED) is 0.812. The number of hydrogen-bond donors (Lipinski definition) is 0. The number of rotatable bonds is 3. The van der Waals surface area contributed by atoms with E-state index in [4.69, 9.17) is 4.74 Å². The lowest BCUT2D eigenvalue weighted by Gasteiger charge is -2.33. The number of hydrogen-bond acceptors (Lipinski definition) is 4. The van der Waals surface area contributed by atoms with Crippen LogP contribution in [0.2, 0.25) is 0 Å². The summed E-state index contributed by atoms with van der Waals surface area (Å²) in [7, 11) is -1.94. The van der Waals surface area contributed by atoms with Gasteiger partial charge < -0.3 is 9.64 Å². The maximum atomic E-state index is 13.2. The van der Waals surface area contributed by atoms with E-state index in [1.54, 1.807) is 30.1 Å². The molecule has 7 heteroatoms. The molecule has 27 heavy (non-hydrogen) atoms. The molecule has 2 aliphatic heterocycles. The molecule has 2 aliphatic rings. The number of morpholine rings is 1. The summed E-state index contributed by atoms with van der Waals surface area (Å²) in [5.41, 5.74) is 3.63. The lowest BCUT2D eigenvalue weighted by molar-refractivity contribution is -0.117. The van der Waals surface area contributed by atoms with Crippen LogP contribution in [0.3, 0.4) is 0 Å². The van der Waals surface area contributed by atoms with Gasteiger partial charge in [0, 0.05) is 25.8 Å². The predicted molar refractivity (Wildman–Crippen MR) is 102 cm³/mol. The van der Waals surface area contributed by atoms with Crippen molar-refractivity contribution in [3.8, 4) is 0 Å². The molecule has 2 heterocycles. The summed E-state index contributed by atoms with van der Waals surface area (Å²) in [4.78, 5) is 13.7. The lowest BCUT2D eigenvalue weighted by atomic mass is 10.0. The van der Waals surface area contributed by atoms with Crippen LogP contribution in [0, 0.1) is 6.92 Å². The third kappa shape index (κ3) is 3.16. The maximum absolute atomic E-state index is 13.2. The van der Waals surface area contributed by atoms with Crippen molar-refractivity contribution in [1.82, 2.24) is 4.31 Å². The normalized spacial score (nSPS) is 20.7. The fourth-order valence-electron chi connectivity index (χ4n) is 3.74. The summed E-state index contributed by atoms with van der Waals surface area (Å²) in [6.45, 7) is 2.95. The van der Waals surface area contributed by atoms with E-state index in [-0.39, 0.29) is 29.9 Å². The molecule has 142 valence electrons. The van der Waals surface area contributed by atoms with E-state index < -0.39 is 10.0 Å². The zero-order chi connectivity index (χ0) is 19.2. The van der Waals surface area contributed by atoms with Crippen molar-refractivity contribution in [2.45, 2.75) is 24.3 Å². The van der Waals surface area contributed by atoms with E-state index in [0.29, 0.717) is 13.2 Å². The van der Waals surface area contributed by atoms with Crippen LogP contribution >= 0.6 is 0 Å². The van der Waals surface area contributed by atoms with Gasteiger partial charge in [0.2, 0.25) is 15.9 Å². The average Bonchev–Trinajstić information content (AvgIpc) is 2.96. The number of ether oxygens (including phenoxy) is 1. The number of anilines is 1. The highest BCUT2D eigenvalue weighted by Gasteiger charge is 2.33. The zero-order valence-corrected chi connectivity index (χ0v) is 16.2. The monoisotopic (exact) mass is 386 g/mol. The first-order valence-electron chi connectivity index (χ1n) is 8.94. The number of likely N-dealkylation sites (N-methyl/N-ethyl adjacent to an activating group) is 1. The molecule has 4 rings (SSSR count). The van der Waals surface area contributed by atoms with Gasteiger partial charge in [0.05, 0.1) is 24.0 Å². The Morgan fingerprint density at radius 1 is 1.15 bits per heavy atom. The van der Waals surface area contributed by atoms with Crippen molar-refractivity contribution >= 4 is 21.6 Å². The van der Waals surface area contributed by atoms with Crippen LogP contribution in [-0.4, -0.2) is 45.4 Å². The van der Waals surface area contributed by atoms with E-state index in [1.165, 1.54) is 4.31 Å². The van der Waals surface area contributed by atoms with E-state index in [1.807, 2.05) is 31.2 Å². The number of nitrogens with zero attached hydrogens (tertiary/aromatic N) is 2. The number of amides is 1. The molecule has 0 saturated carbocycles. The smallest absolute Gasteiger partial charge is 0.243 e. The molecule has 1 unspecified atom stereocenters. The molecule has 1 atom stereocenters. The Kier molecular flexibility index (Phi) is 4.53. The predicted octanol–water partition coefficient (Wildman–Crippen LogP) is 2.28. The maximum Gasteiger partial charge on any atom is 0.243 e. The molecule has 0 aliphatic carbocycles. The van der Waals surface area contributed by atoms with Gasteiger partial charge in [-0.1, -0.05) is 24.3 Å². The summed E-state index contributed by atoms with van der Waals surface area (Å²) in [6, 6.07) is 12.8. The first kappa shape index (κ1) is 18.2. The summed E-state index contributed by atoms with van der Waals surface area (Å²) in [5, 5.41) is 0.